The molecule has 0 spiro atoms. The fourth-order valence-corrected chi connectivity index (χ4v) is 3.09. The molecule has 0 aliphatic rings. The molecule has 0 radical (unpaired) electrons. The Morgan fingerprint density at radius 1 is 1.00 bits per heavy atom. The van der Waals surface area contributed by atoms with Crippen molar-refractivity contribution in [1.82, 2.24) is 0 Å². The highest BCUT2D eigenvalue weighted by atomic mass is 79.9. The largest absolute Gasteiger partial charge is 0.377 e. The standard InChI is InChI=1S/C14H10BrCl4N/c1-7(9-6-8(16)2-4-11(9)17)20-12-5-3-10(15)13(18)14(12)19/h2-7,20H,1H3. The summed E-state index contributed by atoms with van der Waals surface area (Å²) in [5, 5.41) is 5.50. The van der Waals surface area contributed by atoms with Crippen LogP contribution in [-0.2, 0) is 0 Å². The summed E-state index contributed by atoms with van der Waals surface area (Å²) in [6, 6.07) is 8.99. The Morgan fingerprint density at radius 3 is 2.40 bits per heavy atom. The van der Waals surface area contributed by atoms with Gasteiger partial charge in [-0.3, -0.25) is 0 Å². The lowest BCUT2D eigenvalue weighted by Crippen LogP contribution is -2.07. The van der Waals surface area contributed by atoms with Crippen molar-refractivity contribution in [2.24, 2.45) is 0 Å². The zero-order chi connectivity index (χ0) is 14.9. The SMILES string of the molecule is CC(Nc1ccc(Br)c(Cl)c1Cl)c1cc(Cl)ccc1Cl. The first kappa shape index (κ1) is 16.3. The van der Waals surface area contributed by atoms with E-state index in [9.17, 15) is 0 Å². The normalized spacial score (nSPS) is 12.3. The number of nitrogens with one attached hydrogen (secondary N) is 1. The van der Waals surface area contributed by atoms with Crippen LogP contribution in [0.3, 0.4) is 0 Å². The summed E-state index contributed by atoms with van der Waals surface area (Å²) in [5.41, 5.74) is 1.64. The maximum atomic E-state index is 6.22. The van der Waals surface area contributed by atoms with Crippen molar-refractivity contribution in [2.45, 2.75) is 13.0 Å². The van der Waals surface area contributed by atoms with Crippen molar-refractivity contribution in [3.63, 3.8) is 0 Å². The molecule has 1 N–H and O–H groups in total. The minimum absolute atomic E-state index is 0.0593. The Hall–Kier alpha value is -0.120. The third-order valence-corrected chi connectivity index (χ3v) is 5.18. The summed E-state index contributed by atoms with van der Waals surface area (Å²) >= 11 is 27.8. The number of hydrogen-bond acceptors (Lipinski definition) is 1. The van der Waals surface area contributed by atoms with E-state index >= 15 is 0 Å². The molecule has 0 saturated heterocycles. The predicted octanol–water partition coefficient (Wildman–Crippen LogP) is 7.24. The minimum atomic E-state index is -0.0593. The van der Waals surface area contributed by atoms with E-state index in [0.29, 0.717) is 20.1 Å². The average molecular weight is 414 g/mol. The lowest BCUT2D eigenvalue weighted by molar-refractivity contribution is 0.885. The molecule has 0 saturated carbocycles. The van der Waals surface area contributed by atoms with Gasteiger partial charge in [-0.05, 0) is 58.7 Å². The maximum Gasteiger partial charge on any atom is 0.0835 e. The lowest BCUT2D eigenvalue weighted by atomic mass is 10.1. The van der Waals surface area contributed by atoms with Gasteiger partial charge in [-0.15, -0.1) is 0 Å². The molecule has 0 aliphatic heterocycles. The van der Waals surface area contributed by atoms with Crippen LogP contribution in [0.25, 0.3) is 0 Å². The first-order chi connectivity index (χ1) is 9.40. The summed E-state index contributed by atoms with van der Waals surface area (Å²) in [7, 11) is 0. The highest BCUT2D eigenvalue weighted by Gasteiger charge is 2.14. The van der Waals surface area contributed by atoms with E-state index in [-0.39, 0.29) is 6.04 Å². The van der Waals surface area contributed by atoms with Gasteiger partial charge in [0.25, 0.3) is 0 Å². The van der Waals surface area contributed by atoms with Crippen LogP contribution in [-0.4, -0.2) is 0 Å². The van der Waals surface area contributed by atoms with Gasteiger partial charge in [-0.2, -0.15) is 0 Å². The molecular weight excluding hydrogens is 404 g/mol. The Labute approximate surface area is 146 Å². The van der Waals surface area contributed by atoms with Gasteiger partial charge in [-0.25, -0.2) is 0 Å². The molecule has 2 rings (SSSR count). The molecule has 0 fully saturated rings. The maximum absolute atomic E-state index is 6.22. The van der Waals surface area contributed by atoms with Gasteiger partial charge in [0.2, 0.25) is 0 Å². The van der Waals surface area contributed by atoms with Gasteiger partial charge in [0.1, 0.15) is 0 Å². The van der Waals surface area contributed by atoms with E-state index in [1.54, 1.807) is 12.1 Å². The van der Waals surface area contributed by atoms with Crippen molar-refractivity contribution < 1.29 is 0 Å². The zero-order valence-electron chi connectivity index (χ0n) is 10.4. The number of benzene rings is 2. The van der Waals surface area contributed by atoms with Crippen LogP contribution in [0.1, 0.15) is 18.5 Å². The van der Waals surface area contributed by atoms with Gasteiger partial charge in [0, 0.05) is 14.5 Å². The average Bonchev–Trinajstić information content (AvgIpc) is 2.42. The van der Waals surface area contributed by atoms with Crippen LogP contribution >= 0.6 is 62.3 Å². The first-order valence-corrected chi connectivity index (χ1v) is 8.05. The highest BCUT2D eigenvalue weighted by Crippen LogP contribution is 2.38. The van der Waals surface area contributed by atoms with E-state index in [2.05, 4.69) is 21.2 Å². The second-order valence-electron chi connectivity index (χ2n) is 4.25. The van der Waals surface area contributed by atoms with Crippen molar-refractivity contribution in [1.29, 1.82) is 0 Å². The molecule has 2 aromatic rings. The van der Waals surface area contributed by atoms with Crippen LogP contribution in [0.5, 0.6) is 0 Å². The number of hydrogen-bond donors (Lipinski definition) is 1. The third-order valence-electron chi connectivity index (χ3n) is 2.83. The van der Waals surface area contributed by atoms with E-state index in [1.807, 2.05) is 25.1 Å². The first-order valence-electron chi connectivity index (χ1n) is 5.75. The van der Waals surface area contributed by atoms with Crippen LogP contribution in [0.15, 0.2) is 34.8 Å². The lowest BCUT2D eigenvalue weighted by Gasteiger charge is -2.19. The zero-order valence-corrected chi connectivity index (χ0v) is 15.0. The quantitative estimate of drug-likeness (QED) is 0.523. The Balaban J connectivity index is 2.30. The molecule has 0 aliphatic carbocycles. The van der Waals surface area contributed by atoms with E-state index in [0.717, 1.165) is 15.7 Å². The van der Waals surface area contributed by atoms with Gasteiger partial charge < -0.3 is 5.32 Å². The molecule has 106 valence electrons. The molecule has 0 heterocycles. The van der Waals surface area contributed by atoms with Crippen LogP contribution < -0.4 is 5.32 Å². The number of anilines is 1. The van der Waals surface area contributed by atoms with Crippen molar-refractivity contribution >= 4 is 68.0 Å². The molecule has 0 aromatic heterocycles. The van der Waals surface area contributed by atoms with Crippen molar-refractivity contribution in [3.05, 3.63) is 60.5 Å². The summed E-state index contributed by atoms with van der Waals surface area (Å²) in [6.07, 6.45) is 0. The fraction of sp³-hybridized carbons (Fsp3) is 0.143. The summed E-state index contributed by atoms with van der Waals surface area (Å²) < 4.78 is 0.753. The minimum Gasteiger partial charge on any atom is -0.377 e. The molecule has 1 unspecified atom stereocenters. The third kappa shape index (κ3) is 3.55. The highest BCUT2D eigenvalue weighted by molar-refractivity contribution is 9.10. The van der Waals surface area contributed by atoms with E-state index in [4.69, 9.17) is 46.4 Å². The van der Waals surface area contributed by atoms with Crippen molar-refractivity contribution in [3.8, 4) is 0 Å². The van der Waals surface area contributed by atoms with E-state index in [1.165, 1.54) is 0 Å². The molecule has 1 atom stereocenters. The molecular formula is C14H10BrCl4N. The topological polar surface area (TPSA) is 12.0 Å². The Bertz CT molecular complexity index is 645. The molecule has 0 bridgehead atoms. The van der Waals surface area contributed by atoms with Crippen molar-refractivity contribution in [2.75, 3.05) is 5.32 Å². The number of rotatable bonds is 3. The molecule has 2 aromatic carbocycles. The Morgan fingerprint density at radius 2 is 1.70 bits per heavy atom. The molecule has 6 heteroatoms. The van der Waals surface area contributed by atoms with Crippen LogP contribution in [0.2, 0.25) is 20.1 Å². The van der Waals surface area contributed by atoms with E-state index < -0.39 is 0 Å². The van der Waals surface area contributed by atoms with Crippen LogP contribution in [0.4, 0.5) is 5.69 Å². The molecule has 1 nitrogen and oxygen atoms in total. The van der Waals surface area contributed by atoms with Gasteiger partial charge in [0.15, 0.2) is 0 Å². The molecule has 0 amide bonds. The van der Waals surface area contributed by atoms with Gasteiger partial charge in [0.05, 0.1) is 21.8 Å². The summed E-state index contributed by atoms with van der Waals surface area (Å²) in [5.74, 6) is 0. The second kappa shape index (κ2) is 6.76. The Kier molecular flexibility index (Phi) is 5.49. The fourth-order valence-electron chi connectivity index (χ4n) is 1.79. The van der Waals surface area contributed by atoms with Gasteiger partial charge in [-0.1, -0.05) is 46.4 Å². The van der Waals surface area contributed by atoms with Gasteiger partial charge >= 0.3 is 0 Å². The predicted molar refractivity (Wildman–Crippen MR) is 92.7 cm³/mol. The smallest absolute Gasteiger partial charge is 0.0835 e. The van der Waals surface area contributed by atoms with Crippen LogP contribution in [0, 0.1) is 0 Å². The summed E-state index contributed by atoms with van der Waals surface area (Å²) in [4.78, 5) is 0. The molecule has 20 heavy (non-hydrogen) atoms. The number of halogens is 5. The monoisotopic (exact) mass is 411 g/mol. The summed E-state index contributed by atoms with van der Waals surface area (Å²) in [6.45, 7) is 1.98. The second-order valence-corrected chi connectivity index (χ2v) is 6.71.